The fourth-order valence-corrected chi connectivity index (χ4v) is 1.52. The van der Waals surface area contributed by atoms with Gasteiger partial charge in [-0.1, -0.05) is 11.6 Å². The molecule has 0 spiro atoms. The molecule has 0 saturated heterocycles. The molecule has 0 aliphatic heterocycles. The van der Waals surface area contributed by atoms with Crippen LogP contribution in [0.3, 0.4) is 0 Å². The number of nitrogen functional groups attached to an aromatic ring is 1. The van der Waals surface area contributed by atoms with Crippen molar-refractivity contribution in [2.75, 3.05) is 5.73 Å². The predicted molar refractivity (Wildman–Crippen MR) is 54.7 cm³/mol. The van der Waals surface area contributed by atoms with Gasteiger partial charge < -0.3 is 5.73 Å². The van der Waals surface area contributed by atoms with E-state index in [0.717, 1.165) is 0 Å². The first kappa shape index (κ1) is 9.72. The van der Waals surface area contributed by atoms with Gasteiger partial charge in [0.2, 0.25) is 5.78 Å². The molecule has 0 saturated carbocycles. The monoisotopic (exact) mass is 225 g/mol. The van der Waals surface area contributed by atoms with E-state index in [1.807, 2.05) is 0 Å². The summed E-state index contributed by atoms with van der Waals surface area (Å²) in [7, 11) is 1.63. The van der Waals surface area contributed by atoms with Crippen molar-refractivity contribution in [2.24, 2.45) is 7.05 Å². The number of carbonyl (C=O) groups is 1. The molecule has 0 atom stereocenters. The topological polar surface area (TPSA) is 89.6 Å². The van der Waals surface area contributed by atoms with Gasteiger partial charge in [-0.25, -0.2) is 0 Å². The number of anilines is 1. The molecule has 78 valence electrons. The summed E-state index contributed by atoms with van der Waals surface area (Å²) < 4.78 is 1.40. The summed E-state index contributed by atoms with van der Waals surface area (Å²) in [6.07, 6.45) is 2.77. The Morgan fingerprint density at radius 1 is 1.60 bits per heavy atom. The summed E-state index contributed by atoms with van der Waals surface area (Å²) in [5.74, 6) is -0.0801. The van der Waals surface area contributed by atoms with E-state index in [9.17, 15) is 4.79 Å². The highest BCUT2D eigenvalue weighted by Gasteiger charge is 2.20. The fraction of sp³-hybridized carbons (Fsp3) is 0.125. The molecular weight excluding hydrogens is 218 g/mol. The first-order valence-electron chi connectivity index (χ1n) is 4.12. The Morgan fingerprint density at radius 3 is 2.80 bits per heavy atom. The number of ketones is 1. The molecule has 0 amide bonds. The minimum atomic E-state index is -0.300. The van der Waals surface area contributed by atoms with Crippen LogP contribution >= 0.6 is 11.6 Å². The number of aromatic amines is 1. The van der Waals surface area contributed by atoms with Gasteiger partial charge in [-0.2, -0.15) is 10.2 Å². The number of hydrogen-bond acceptors (Lipinski definition) is 4. The van der Waals surface area contributed by atoms with E-state index in [1.54, 1.807) is 7.05 Å². The van der Waals surface area contributed by atoms with Crippen LogP contribution in [0.15, 0.2) is 12.4 Å². The van der Waals surface area contributed by atoms with Crippen LogP contribution in [-0.4, -0.2) is 25.8 Å². The first-order valence-corrected chi connectivity index (χ1v) is 4.50. The highest BCUT2D eigenvalue weighted by Crippen LogP contribution is 2.20. The van der Waals surface area contributed by atoms with Gasteiger partial charge in [-0.3, -0.25) is 14.6 Å². The zero-order chi connectivity index (χ0) is 11.0. The Balaban J connectivity index is 2.50. The van der Waals surface area contributed by atoms with Crippen molar-refractivity contribution in [1.29, 1.82) is 0 Å². The molecule has 2 heterocycles. The quantitative estimate of drug-likeness (QED) is 0.733. The zero-order valence-corrected chi connectivity index (χ0v) is 8.62. The van der Waals surface area contributed by atoms with Crippen LogP contribution < -0.4 is 5.73 Å². The van der Waals surface area contributed by atoms with Crippen molar-refractivity contribution in [3.05, 3.63) is 28.7 Å². The van der Waals surface area contributed by atoms with Crippen LogP contribution in [0.4, 0.5) is 5.82 Å². The second-order valence-electron chi connectivity index (χ2n) is 2.99. The van der Waals surface area contributed by atoms with E-state index in [2.05, 4.69) is 15.3 Å². The van der Waals surface area contributed by atoms with E-state index in [1.165, 1.54) is 17.1 Å². The maximum absolute atomic E-state index is 11.9. The molecule has 0 bridgehead atoms. The minimum Gasteiger partial charge on any atom is -0.383 e. The number of nitrogens with two attached hydrogens (primary N) is 1. The Labute approximate surface area is 90.0 Å². The van der Waals surface area contributed by atoms with Crippen molar-refractivity contribution in [1.82, 2.24) is 20.0 Å². The van der Waals surface area contributed by atoms with Gasteiger partial charge >= 0.3 is 0 Å². The SMILES string of the molecule is Cn1ncc(Cl)c1C(=O)c1cn[nH]c1N. The molecule has 0 unspecified atom stereocenters. The highest BCUT2D eigenvalue weighted by molar-refractivity contribution is 6.34. The average Bonchev–Trinajstić information content (AvgIpc) is 2.73. The third-order valence-electron chi connectivity index (χ3n) is 2.02. The second-order valence-corrected chi connectivity index (χ2v) is 3.40. The van der Waals surface area contributed by atoms with Crippen molar-refractivity contribution in [3.63, 3.8) is 0 Å². The van der Waals surface area contributed by atoms with Crippen LogP contribution in [0.25, 0.3) is 0 Å². The van der Waals surface area contributed by atoms with Crippen LogP contribution in [0.5, 0.6) is 0 Å². The average molecular weight is 226 g/mol. The summed E-state index contributed by atoms with van der Waals surface area (Å²) in [5.41, 5.74) is 6.12. The summed E-state index contributed by atoms with van der Waals surface area (Å²) >= 11 is 5.83. The number of rotatable bonds is 2. The fourth-order valence-electron chi connectivity index (χ4n) is 1.27. The number of halogens is 1. The number of H-pyrrole nitrogens is 1. The third-order valence-corrected chi connectivity index (χ3v) is 2.30. The smallest absolute Gasteiger partial charge is 0.217 e. The molecule has 0 fully saturated rings. The van der Waals surface area contributed by atoms with E-state index in [4.69, 9.17) is 17.3 Å². The lowest BCUT2D eigenvalue weighted by Gasteiger charge is -2.00. The standard InChI is InChI=1S/C8H8ClN5O/c1-14-6(5(9)3-12-14)7(15)4-2-11-13-8(4)10/h2-3H,1H3,(H3,10,11,13). The molecule has 0 aliphatic rings. The lowest BCUT2D eigenvalue weighted by molar-refractivity contribution is 0.103. The molecule has 2 rings (SSSR count). The van der Waals surface area contributed by atoms with Crippen molar-refractivity contribution < 1.29 is 4.79 Å². The molecule has 15 heavy (non-hydrogen) atoms. The Bertz CT molecular complexity index is 495. The van der Waals surface area contributed by atoms with Crippen molar-refractivity contribution in [3.8, 4) is 0 Å². The normalized spacial score (nSPS) is 10.5. The molecule has 2 aromatic heterocycles. The van der Waals surface area contributed by atoms with Gasteiger partial charge in [0.15, 0.2) is 0 Å². The van der Waals surface area contributed by atoms with Gasteiger partial charge in [0.25, 0.3) is 0 Å². The number of nitrogens with one attached hydrogen (secondary N) is 1. The lowest BCUT2D eigenvalue weighted by Crippen LogP contribution is -2.09. The van der Waals surface area contributed by atoms with Gasteiger partial charge in [0, 0.05) is 7.05 Å². The van der Waals surface area contributed by atoms with E-state index in [-0.39, 0.29) is 11.6 Å². The molecule has 3 N–H and O–H groups in total. The summed E-state index contributed by atoms with van der Waals surface area (Å²) in [5, 5.41) is 10.3. The highest BCUT2D eigenvalue weighted by atomic mass is 35.5. The summed E-state index contributed by atoms with van der Waals surface area (Å²) in [6.45, 7) is 0. The molecule has 7 heteroatoms. The van der Waals surface area contributed by atoms with Crippen LogP contribution in [-0.2, 0) is 7.05 Å². The number of aromatic nitrogens is 4. The predicted octanol–water partition coefficient (Wildman–Crippen LogP) is 0.610. The maximum Gasteiger partial charge on any atom is 0.217 e. The van der Waals surface area contributed by atoms with Gasteiger partial charge in [0.05, 0.1) is 23.0 Å². The second kappa shape index (κ2) is 3.39. The number of nitrogens with zero attached hydrogens (tertiary/aromatic N) is 3. The van der Waals surface area contributed by atoms with Crippen LogP contribution in [0.2, 0.25) is 5.02 Å². The number of hydrogen-bond donors (Lipinski definition) is 2. The molecular formula is C8H8ClN5O. The minimum absolute atomic E-state index is 0.220. The largest absolute Gasteiger partial charge is 0.383 e. The number of aryl methyl sites for hydroxylation is 1. The Morgan fingerprint density at radius 2 is 2.33 bits per heavy atom. The summed E-state index contributed by atoms with van der Waals surface area (Å²) in [4.78, 5) is 11.9. The van der Waals surface area contributed by atoms with Crippen molar-refractivity contribution in [2.45, 2.75) is 0 Å². The van der Waals surface area contributed by atoms with Crippen molar-refractivity contribution >= 4 is 23.2 Å². The molecule has 2 aromatic rings. The Hall–Kier alpha value is -1.82. The summed E-state index contributed by atoms with van der Waals surface area (Å²) in [6, 6.07) is 0. The molecule has 0 aliphatic carbocycles. The van der Waals surface area contributed by atoms with Crippen LogP contribution in [0.1, 0.15) is 16.1 Å². The third kappa shape index (κ3) is 1.48. The zero-order valence-electron chi connectivity index (χ0n) is 7.86. The van der Waals surface area contributed by atoms with Gasteiger partial charge in [-0.15, -0.1) is 0 Å². The van der Waals surface area contributed by atoms with Crippen LogP contribution in [0, 0.1) is 0 Å². The number of carbonyl (C=O) groups excluding carboxylic acids is 1. The van der Waals surface area contributed by atoms with Gasteiger partial charge in [0.1, 0.15) is 11.5 Å². The van der Waals surface area contributed by atoms with Gasteiger partial charge in [-0.05, 0) is 0 Å². The lowest BCUT2D eigenvalue weighted by atomic mass is 10.1. The molecule has 0 aromatic carbocycles. The first-order chi connectivity index (χ1) is 7.11. The molecule has 0 radical (unpaired) electrons. The van der Waals surface area contributed by atoms with E-state index in [0.29, 0.717) is 16.3 Å². The van der Waals surface area contributed by atoms with E-state index < -0.39 is 0 Å². The maximum atomic E-state index is 11.9. The van der Waals surface area contributed by atoms with E-state index >= 15 is 0 Å². The molecule has 6 nitrogen and oxygen atoms in total. The Kier molecular flexibility index (Phi) is 2.20.